The molecular weight excluding hydrogens is 729 g/mol. The van der Waals surface area contributed by atoms with Gasteiger partial charge < -0.3 is 13.9 Å². The fourth-order valence-electron chi connectivity index (χ4n) is 9.13. The largest absolute Gasteiger partial charge is 0.456 e. The average molecular weight is 769 g/mol. The Labute approximate surface area is 349 Å². The van der Waals surface area contributed by atoms with E-state index in [9.17, 15) is 0 Å². The van der Waals surface area contributed by atoms with Crippen molar-refractivity contribution in [3.8, 4) is 27.9 Å². The lowest BCUT2D eigenvalue weighted by molar-refractivity contribution is 0.603. The van der Waals surface area contributed by atoms with Gasteiger partial charge in [0.25, 0.3) is 0 Å². The maximum atomic E-state index is 6.31. The molecule has 0 atom stereocenters. The number of aromatic nitrogens is 1. The second-order valence-corrected chi connectivity index (χ2v) is 15.3. The first kappa shape index (κ1) is 35.3. The minimum absolute atomic E-state index is 0.781. The van der Waals surface area contributed by atoms with E-state index in [2.05, 4.69) is 216 Å². The second-order valence-electron chi connectivity index (χ2n) is 15.3. The Morgan fingerprint density at radius 2 is 1.10 bits per heavy atom. The van der Waals surface area contributed by atoms with Gasteiger partial charge in [0, 0.05) is 44.5 Å². The first-order valence-electron chi connectivity index (χ1n) is 20.5. The van der Waals surface area contributed by atoms with E-state index in [0.29, 0.717) is 0 Å². The Kier molecular flexibility index (Phi) is 8.53. The van der Waals surface area contributed by atoms with E-state index in [1.54, 1.807) is 6.08 Å². The summed E-state index contributed by atoms with van der Waals surface area (Å²) in [6.07, 6.45) is 5.91. The van der Waals surface area contributed by atoms with Crippen LogP contribution in [0.15, 0.2) is 211 Å². The van der Waals surface area contributed by atoms with Crippen molar-refractivity contribution < 1.29 is 4.42 Å². The molecule has 2 heterocycles. The zero-order valence-corrected chi connectivity index (χ0v) is 33.2. The molecule has 3 heteroatoms. The molecule has 0 bridgehead atoms. The molecule has 0 aliphatic rings. The molecule has 284 valence electrons. The molecule has 0 N–H and O–H groups in total. The molecule has 11 aromatic rings. The molecule has 0 aliphatic carbocycles. The van der Waals surface area contributed by atoms with Crippen LogP contribution in [0.4, 0.5) is 17.1 Å². The Hall–Kier alpha value is -7.88. The normalized spacial score (nSPS) is 11.8. The van der Waals surface area contributed by atoms with Gasteiger partial charge in [-0.1, -0.05) is 140 Å². The SMILES string of the molecule is C=Cc1oc2cc(-c3cccc(N(c4ccc(-c5cc6ccccc6c6ccccc56)cc4)c4cccc(-n5c6ccccc6c6ccccc65)c4)c3)ccc2c1/C=C\C. The number of benzene rings is 9. The van der Waals surface area contributed by atoms with Crippen LogP contribution in [0.5, 0.6) is 0 Å². The van der Waals surface area contributed by atoms with Gasteiger partial charge in [-0.2, -0.15) is 0 Å². The van der Waals surface area contributed by atoms with Crippen LogP contribution in [-0.4, -0.2) is 4.57 Å². The zero-order valence-electron chi connectivity index (χ0n) is 33.2. The summed E-state index contributed by atoms with van der Waals surface area (Å²) < 4.78 is 8.69. The average Bonchev–Trinajstić information content (AvgIpc) is 3.84. The standard InChI is InChI=1S/C57H40N2O/c1-3-15-51-52-33-30-40(36-57(52)60-56(51)4-2)39-17-13-18-43(34-39)58(44-19-14-20-45(37-44)59-54-26-11-9-24-49(54)50-25-10-12-27-55(50)59)42-31-28-38(29-32-42)53-35-41-16-5-6-21-46(41)47-22-7-8-23-48(47)53/h3-37H,2H2,1H3/b15-3-. The van der Waals surface area contributed by atoms with E-state index >= 15 is 0 Å². The molecular formula is C57H40N2O. The maximum Gasteiger partial charge on any atom is 0.136 e. The zero-order chi connectivity index (χ0) is 40.2. The van der Waals surface area contributed by atoms with E-state index in [1.165, 1.54) is 54.5 Å². The van der Waals surface area contributed by atoms with Crippen LogP contribution in [0, 0.1) is 0 Å². The Bertz CT molecular complexity index is 3420. The van der Waals surface area contributed by atoms with Gasteiger partial charge in [-0.3, -0.25) is 0 Å². The first-order chi connectivity index (χ1) is 29.7. The van der Waals surface area contributed by atoms with Crippen molar-refractivity contribution in [2.75, 3.05) is 4.90 Å². The van der Waals surface area contributed by atoms with Crippen LogP contribution in [0.1, 0.15) is 18.2 Å². The topological polar surface area (TPSA) is 21.3 Å². The minimum Gasteiger partial charge on any atom is -0.456 e. The maximum absolute atomic E-state index is 6.31. The molecule has 0 radical (unpaired) electrons. The van der Waals surface area contributed by atoms with Crippen LogP contribution in [-0.2, 0) is 0 Å². The third kappa shape index (κ3) is 5.82. The number of anilines is 3. The summed E-state index contributed by atoms with van der Waals surface area (Å²) in [5.41, 5.74) is 13.1. The van der Waals surface area contributed by atoms with Gasteiger partial charge >= 0.3 is 0 Å². The quantitative estimate of drug-likeness (QED) is 0.144. The smallest absolute Gasteiger partial charge is 0.136 e. The molecule has 0 unspecified atom stereocenters. The van der Waals surface area contributed by atoms with E-state index in [1.807, 2.05) is 13.0 Å². The van der Waals surface area contributed by atoms with Crippen molar-refractivity contribution in [3.05, 3.63) is 218 Å². The third-order valence-corrected chi connectivity index (χ3v) is 11.8. The van der Waals surface area contributed by atoms with Gasteiger partial charge in [0.05, 0.1) is 11.0 Å². The summed E-state index contributed by atoms with van der Waals surface area (Å²) in [7, 11) is 0. The molecule has 0 spiro atoms. The highest BCUT2D eigenvalue weighted by Gasteiger charge is 2.19. The lowest BCUT2D eigenvalue weighted by Crippen LogP contribution is -2.10. The summed E-state index contributed by atoms with van der Waals surface area (Å²) in [5.74, 6) is 0.781. The Balaban J connectivity index is 1.07. The first-order valence-corrected chi connectivity index (χ1v) is 20.5. The molecule has 3 nitrogen and oxygen atoms in total. The molecule has 11 rings (SSSR count). The second kappa shape index (κ2) is 14.5. The molecule has 0 fully saturated rings. The number of hydrogen-bond donors (Lipinski definition) is 0. The summed E-state index contributed by atoms with van der Waals surface area (Å²) in [5, 5.41) is 8.58. The molecule has 0 aliphatic heterocycles. The van der Waals surface area contributed by atoms with Crippen molar-refractivity contribution in [2.45, 2.75) is 6.92 Å². The van der Waals surface area contributed by atoms with Crippen LogP contribution in [0.25, 0.3) is 94.4 Å². The van der Waals surface area contributed by atoms with Crippen LogP contribution in [0.2, 0.25) is 0 Å². The number of furan rings is 1. The number of allylic oxidation sites excluding steroid dienone is 1. The van der Waals surface area contributed by atoms with Crippen molar-refractivity contribution >= 4 is 83.5 Å². The molecule has 60 heavy (non-hydrogen) atoms. The van der Waals surface area contributed by atoms with Gasteiger partial charge in [-0.05, 0) is 130 Å². The predicted octanol–water partition coefficient (Wildman–Crippen LogP) is 16.3. The highest BCUT2D eigenvalue weighted by molar-refractivity contribution is 6.14. The van der Waals surface area contributed by atoms with E-state index in [4.69, 9.17) is 4.42 Å². The summed E-state index contributed by atoms with van der Waals surface area (Å²) in [4.78, 5) is 2.37. The van der Waals surface area contributed by atoms with Crippen molar-refractivity contribution in [1.82, 2.24) is 4.57 Å². The summed E-state index contributed by atoms with van der Waals surface area (Å²) in [6, 6.07) is 70.4. The van der Waals surface area contributed by atoms with Gasteiger partial charge in [0.1, 0.15) is 11.3 Å². The number of para-hydroxylation sites is 2. The van der Waals surface area contributed by atoms with Gasteiger partial charge in [0.2, 0.25) is 0 Å². The summed E-state index contributed by atoms with van der Waals surface area (Å²) >= 11 is 0. The van der Waals surface area contributed by atoms with Crippen LogP contribution < -0.4 is 4.90 Å². The van der Waals surface area contributed by atoms with Gasteiger partial charge in [-0.15, -0.1) is 0 Å². The van der Waals surface area contributed by atoms with Crippen LogP contribution >= 0.6 is 0 Å². The van der Waals surface area contributed by atoms with Crippen molar-refractivity contribution in [2.24, 2.45) is 0 Å². The monoisotopic (exact) mass is 768 g/mol. The molecule has 0 saturated heterocycles. The molecule has 0 saturated carbocycles. The van der Waals surface area contributed by atoms with Crippen LogP contribution in [0.3, 0.4) is 0 Å². The van der Waals surface area contributed by atoms with E-state index in [0.717, 1.165) is 56.2 Å². The number of hydrogen-bond acceptors (Lipinski definition) is 2. The highest BCUT2D eigenvalue weighted by Crippen LogP contribution is 2.42. The molecule has 0 amide bonds. The minimum atomic E-state index is 0.781. The van der Waals surface area contributed by atoms with E-state index in [-0.39, 0.29) is 0 Å². The molecule has 9 aromatic carbocycles. The van der Waals surface area contributed by atoms with E-state index < -0.39 is 0 Å². The highest BCUT2D eigenvalue weighted by atomic mass is 16.3. The fraction of sp³-hybridized carbons (Fsp3) is 0.0175. The Morgan fingerprint density at radius 1 is 0.483 bits per heavy atom. The lowest BCUT2D eigenvalue weighted by atomic mass is 9.93. The fourth-order valence-corrected chi connectivity index (χ4v) is 9.13. The number of fused-ring (bicyclic) bond motifs is 7. The van der Waals surface area contributed by atoms with Crippen molar-refractivity contribution in [3.63, 3.8) is 0 Å². The lowest BCUT2D eigenvalue weighted by Gasteiger charge is -2.27. The molecule has 2 aromatic heterocycles. The number of rotatable bonds is 8. The predicted molar refractivity (Wildman–Crippen MR) is 256 cm³/mol. The van der Waals surface area contributed by atoms with Gasteiger partial charge in [0.15, 0.2) is 0 Å². The summed E-state index contributed by atoms with van der Waals surface area (Å²) in [6.45, 7) is 6.03. The number of nitrogens with zero attached hydrogens (tertiary/aromatic N) is 2. The Morgan fingerprint density at radius 3 is 1.83 bits per heavy atom. The van der Waals surface area contributed by atoms with Crippen molar-refractivity contribution in [1.29, 1.82) is 0 Å². The van der Waals surface area contributed by atoms with Gasteiger partial charge in [-0.25, -0.2) is 0 Å². The third-order valence-electron chi connectivity index (χ3n) is 11.8.